The summed E-state index contributed by atoms with van der Waals surface area (Å²) in [4.78, 5) is 0. The molecule has 2 atom stereocenters. The van der Waals surface area contributed by atoms with Crippen LogP contribution < -0.4 is 4.74 Å². The summed E-state index contributed by atoms with van der Waals surface area (Å²) in [5, 5.41) is 10.1. The van der Waals surface area contributed by atoms with Crippen LogP contribution in [-0.2, 0) is 6.61 Å². The Hall–Kier alpha value is -1.80. The van der Waals surface area contributed by atoms with Crippen molar-refractivity contribution in [2.24, 2.45) is 5.92 Å². The number of ether oxygens (including phenoxy) is 1. The second kappa shape index (κ2) is 7.11. The topological polar surface area (TPSA) is 29.5 Å². The lowest BCUT2D eigenvalue weighted by Crippen LogP contribution is -2.07. The second-order valence-electron chi connectivity index (χ2n) is 5.17. The van der Waals surface area contributed by atoms with Crippen LogP contribution in [0.4, 0.5) is 0 Å². The zero-order valence-corrected chi connectivity index (χ0v) is 12.1. The number of benzene rings is 2. The summed E-state index contributed by atoms with van der Waals surface area (Å²) in [7, 11) is 0. The predicted molar refractivity (Wildman–Crippen MR) is 81.6 cm³/mol. The molecular weight excluding hydrogens is 248 g/mol. The summed E-state index contributed by atoms with van der Waals surface area (Å²) >= 11 is 0. The highest BCUT2D eigenvalue weighted by Gasteiger charge is 2.14. The lowest BCUT2D eigenvalue weighted by Gasteiger charge is -2.17. The van der Waals surface area contributed by atoms with E-state index in [2.05, 4.69) is 13.8 Å². The van der Waals surface area contributed by atoms with E-state index in [4.69, 9.17) is 4.74 Å². The largest absolute Gasteiger partial charge is 0.489 e. The van der Waals surface area contributed by atoms with Gasteiger partial charge in [0, 0.05) is 0 Å². The fourth-order valence-corrected chi connectivity index (χ4v) is 2.05. The zero-order chi connectivity index (χ0) is 14.4. The highest BCUT2D eigenvalue weighted by atomic mass is 16.5. The van der Waals surface area contributed by atoms with E-state index in [0.29, 0.717) is 6.61 Å². The van der Waals surface area contributed by atoms with E-state index < -0.39 is 6.10 Å². The molecule has 0 aliphatic carbocycles. The quantitative estimate of drug-likeness (QED) is 0.845. The highest BCUT2D eigenvalue weighted by molar-refractivity contribution is 5.29. The maximum atomic E-state index is 10.1. The smallest absolute Gasteiger partial charge is 0.119 e. The van der Waals surface area contributed by atoms with Crippen molar-refractivity contribution >= 4 is 0 Å². The van der Waals surface area contributed by atoms with Crippen LogP contribution in [0.25, 0.3) is 0 Å². The molecule has 0 fully saturated rings. The normalized spacial score (nSPS) is 13.8. The summed E-state index contributed by atoms with van der Waals surface area (Å²) in [6, 6.07) is 17.8. The molecule has 0 saturated carbocycles. The van der Waals surface area contributed by atoms with E-state index >= 15 is 0 Å². The van der Waals surface area contributed by atoms with Gasteiger partial charge in [0.2, 0.25) is 0 Å². The van der Waals surface area contributed by atoms with E-state index in [-0.39, 0.29) is 5.92 Å². The molecule has 0 bridgehead atoms. The minimum atomic E-state index is -0.400. The van der Waals surface area contributed by atoms with Crippen LogP contribution in [0.3, 0.4) is 0 Å². The number of aliphatic hydroxyl groups excluding tert-OH is 1. The minimum absolute atomic E-state index is 0.270. The molecule has 0 heterocycles. The molecule has 20 heavy (non-hydrogen) atoms. The molecular formula is C18H22O2. The van der Waals surface area contributed by atoms with E-state index in [1.165, 1.54) is 0 Å². The summed E-state index contributed by atoms with van der Waals surface area (Å²) in [5.41, 5.74) is 2.10. The van der Waals surface area contributed by atoms with Crippen LogP contribution in [0.15, 0.2) is 54.6 Å². The fraction of sp³-hybridized carbons (Fsp3) is 0.333. The Morgan fingerprint density at radius 2 is 1.65 bits per heavy atom. The predicted octanol–water partition coefficient (Wildman–Crippen LogP) is 4.35. The van der Waals surface area contributed by atoms with Crippen molar-refractivity contribution in [1.29, 1.82) is 0 Å². The van der Waals surface area contributed by atoms with Gasteiger partial charge in [-0.2, -0.15) is 0 Å². The zero-order valence-electron chi connectivity index (χ0n) is 12.1. The fourth-order valence-electron chi connectivity index (χ4n) is 2.05. The van der Waals surface area contributed by atoms with Gasteiger partial charge in [-0.25, -0.2) is 0 Å². The van der Waals surface area contributed by atoms with Crippen LogP contribution in [0.5, 0.6) is 5.75 Å². The molecule has 0 aromatic heterocycles. The van der Waals surface area contributed by atoms with Gasteiger partial charge in [0.1, 0.15) is 12.4 Å². The Balaban J connectivity index is 1.95. The molecule has 2 nitrogen and oxygen atoms in total. The van der Waals surface area contributed by atoms with Crippen molar-refractivity contribution in [3.05, 3.63) is 65.7 Å². The van der Waals surface area contributed by atoms with Crippen LogP contribution in [0.1, 0.15) is 37.5 Å². The minimum Gasteiger partial charge on any atom is -0.489 e. The Morgan fingerprint density at radius 3 is 2.25 bits per heavy atom. The van der Waals surface area contributed by atoms with Gasteiger partial charge >= 0.3 is 0 Å². The molecule has 2 heteroatoms. The number of hydrogen-bond donors (Lipinski definition) is 1. The van der Waals surface area contributed by atoms with Crippen molar-refractivity contribution < 1.29 is 9.84 Å². The van der Waals surface area contributed by atoms with Gasteiger partial charge < -0.3 is 9.84 Å². The van der Waals surface area contributed by atoms with E-state index in [0.717, 1.165) is 23.3 Å². The Kier molecular flexibility index (Phi) is 5.19. The third kappa shape index (κ3) is 3.84. The van der Waals surface area contributed by atoms with Crippen LogP contribution in [-0.4, -0.2) is 5.11 Å². The van der Waals surface area contributed by atoms with Crippen molar-refractivity contribution in [3.8, 4) is 5.75 Å². The van der Waals surface area contributed by atoms with Gasteiger partial charge in [0.05, 0.1) is 6.10 Å². The molecule has 0 radical (unpaired) electrons. The first-order valence-corrected chi connectivity index (χ1v) is 7.15. The van der Waals surface area contributed by atoms with E-state index in [1.807, 2.05) is 54.6 Å². The first-order chi connectivity index (χ1) is 9.70. The maximum Gasteiger partial charge on any atom is 0.119 e. The van der Waals surface area contributed by atoms with Gasteiger partial charge in [0.25, 0.3) is 0 Å². The molecule has 106 valence electrons. The Bertz CT molecular complexity index is 505. The van der Waals surface area contributed by atoms with E-state index in [9.17, 15) is 5.11 Å². The van der Waals surface area contributed by atoms with Gasteiger partial charge in [-0.05, 0) is 29.2 Å². The SMILES string of the molecule is CCC(C)C(O)c1ccc(OCc2ccccc2)cc1. The highest BCUT2D eigenvalue weighted by Crippen LogP contribution is 2.25. The first-order valence-electron chi connectivity index (χ1n) is 7.15. The van der Waals surface area contributed by atoms with Gasteiger partial charge in [0.15, 0.2) is 0 Å². The Morgan fingerprint density at radius 1 is 1.00 bits per heavy atom. The van der Waals surface area contributed by atoms with Gasteiger partial charge in [-0.15, -0.1) is 0 Å². The molecule has 0 saturated heterocycles. The lowest BCUT2D eigenvalue weighted by atomic mass is 9.95. The molecule has 2 aromatic carbocycles. The average Bonchev–Trinajstić information content (AvgIpc) is 2.53. The summed E-state index contributed by atoms with van der Waals surface area (Å²) in [6.45, 7) is 4.71. The maximum absolute atomic E-state index is 10.1. The average molecular weight is 270 g/mol. The van der Waals surface area contributed by atoms with Crippen LogP contribution in [0.2, 0.25) is 0 Å². The number of hydrogen-bond acceptors (Lipinski definition) is 2. The molecule has 0 amide bonds. The van der Waals surface area contributed by atoms with Crippen molar-refractivity contribution in [2.75, 3.05) is 0 Å². The van der Waals surface area contributed by atoms with Crippen LogP contribution in [0, 0.1) is 5.92 Å². The third-order valence-corrected chi connectivity index (χ3v) is 3.65. The van der Waals surface area contributed by atoms with Crippen molar-refractivity contribution in [1.82, 2.24) is 0 Å². The number of rotatable bonds is 6. The molecule has 2 unspecified atom stereocenters. The molecule has 0 spiro atoms. The lowest BCUT2D eigenvalue weighted by molar-refractivity contribution is 0.115. The molecule has 2 aromatic rings. The van der Waals surface area contributed by atoms with Gasteiger partial charge in [-0.3, -0.25) is 0 Å². The van der Waals surface area contributed by atoms with E-state index in [1.54, 1.807) is 0 Å². The van der Waals surface area contributed by atoms with Crippen molar-refractivity contribution in [2.45, 2.75) is 33.0 Å². The first kappa shape index (κ1) is 14.6. The molecule has 1 N–H and O–H groups in total. The standard InChI is InChI=1S/C18H22O2/c1-3-14(2)18(19)16-9-11-17(12-10-16)20-13-15-7-5-4-6-8-15/h4-12,14,18-19H,3,13H2,1-2H3. The second-order valence-corrected chi connectivity index (χ2v) is 5.17. The molecule has 0 aliphatic heterocycles. The van der Waals surface area contributed by atoms with Crippen LogP contribution >= 0.6 is 0 Å². The van der Waals surface area contributed by atoms with Crippen molar-refractivity contribution in [3.63, 3.8) is 0 Å². The summed E-state index contributed by atoms with van der Waals surface area (Å²) in [5.74, 6) is 1.10. The third-order valence-electron chi connectivity index (χ3n) is 3.65. The molecule has 0 aliphatic rings. The van der Waals surface area contributed by atoms with Gasteiger partial charge in [-0.1, -0.05) is 62.7 Å². The molecule has 2 rings (SSSR count). The monoisotopic (exact) mass is 270 g/mol. The Labute approximate surface area is 121 Å². The number of aliphatic hydroxyl groups is 1. The summed E-state index contributed by atoms with van der Waals surface area (Å²) < 4.78 is 5.73. The summed E-state index contributed by atoms with van der Waals surface area (Å²) in [6.07, 6.45) is 0.566.